The van der Waals surface area contributed by atoms with E-state index in [1.807, 2.05) is 0 Å². The van der Waals surface area contributed by atoms with Crippen LogP contribution in [0.5, 0.6) is 5.75 Å². The van der Waals surface area contributed by atoms with Crippen LogP contribution in [-0.2, 0) is 5.54 Å². The average molecular weight is 169 g/mol. The van der Waals surface area contributed by atoms with Gasteiger partial charge in [0.1, 0.15) is 0 Å². The summed E-state index contributed by atoms with van der Waals surface area (Å²) in [6.07, 6.45) is 0. The van der Waals surface area contributed by atoms with Gasteiger partial charge in [0.2, 0.25) is 0 Å². The summed E-state index contributed by atoms with van der Waals surface area (Å²) in [6.45, 7) is 3.42. The zero-order chi connectivity index (χ0) is 9.35. The van der Waals surface area contributed by atoms with Gasteiger partial charge in [-0.15, -0.1) is 0 Å². The predicted octanol–water partition coefficient (Wildman–Crippen LogP) is 1.73. The molecule has 0 spiro atoms. The van der Waals surface area contributed by atoms with Gasteiger partial charge < -0.3 is 10.8 Å². The third-order valence-corrected chi connectivity index (χ3v) is 1.68. The van der Waals surface area contributed by atoms with E-state index in [1.165, 1.54) is 12.1 Å². The average Bonchev–Trinajstić information content (AvgIpc) is 1.92. The second-order valence-electron chi connectivity index (χ2n) is 3.36. The molecule has 0 bridgehead atoms. The van der Waals surface area contributed by atoms with E-state index < -0.39 is 11.4 Å². The zero-order valence-electron chi connectivity index (χ0n) is 7.13. The van der Waals surface area contributed by atoms with Crippen molar-refractivity contribution < 1.29 is 9.50 Å². The molecular weight excluding hydrogens is 157 g/mol. The zero-order valence-corrected chi connectivity index (χ0v) is 7.13. The largest absolute Gasteiger partial charge is 0.505 e. The van der Waals surface area contributed by atoms with E-state index in [0.717, 1.165) is 0 Å². The van der Waals surface area contributed by atoms with Gasteiger partial charge in [-0.3, -0.25) is 0 Å². The molecule has 12 heavy (non-hydrogen) atoms. The topological polar surface area (TPSA) is 46.2 Å². The maximum Gasteiger partial charge on any atom is 0.165 e. The second kappa shape index (κ2) is 2.75. The van der Waals surface area contributed by atoms with Gasteiger partial charge in [-0.05, 0) is 19.9 Å². The Bertz CT molecular complexity index is 291. The van der Waals surface area contributed by atoms with E-state index in [2.05, 4.69) is 0 Å². The monoisotopic (exact) mass is 169 g/mol. The fourth-order valence-corrected chi connectivity index (χ4v) is 1.04. The molecule has 0 aliphatic heterocycles. The summed E-state index contributed by atoms with van der Waals surface area (Å²) >= 11 is 0. The maximum atomic E-state index is 12.8. The highest BCUT2D eigenvalue weighted by Crippen LogP contribution is 2.28. The fraction of sp³-hybridized carbons (Fsp3) is 0.333. The van der Waals surface area contributed by atoms with Crippen molar-refractivity contribution >= 4 is 0 Å². The summed E-state index contributed by atoms with van der Waals surface area (Å²) in [4.78, 5) is 0. The normalized spacial score (nSPS) is 11.7. The first-order valence-corrected chi connectivity index (χ1v) is 3.70. The van der Waals surface area contributed by atoms with Crippen LogP contribution in [0.2, 0.25) is 0 Å². The Kier molecular flexibility index (Phi) is 2.06. The standard InChI is InChI=1S/C9H12FNO/c1-9(2,11)6-4-3-5-7(10)8(6)12/h3-5,12H,11H2,1-2H3. The highest BCUT2D eigenvalue weighted by molar-refractivity contribution is 5.37. The number of phenolic OH excluding ortho intramolecular Hbond substituents is 1. The molecule has 0 saturated heterocycles. The van der Waals surface area contributed by atoms with Crippen LogP contribution < -0.4 is 5.73 Å². The number of benzene rings is 1. The number of phenols is 1. The summed E-state index contributed by atoms with van der Waals surface area (Å²) in [5.41, 5.74) is 5.40. The molecule has 1 aromatic carbocycles. The van der Waals surface area contributed by atoms with Crippen LogP contribution in [-0.4, -0.2) is 5.11 Å². The van der Waals surface area contributed by atoms with Crippen LogP contribution >= 0.6 is 0 Å². The molecule has 0 amide bonds. The molecule has 0 aliphatic rings. The van der Waals surface area contributed by atoms with Gasteiger partial charge >= 0.3 is 0 Å². The Morgan fingerprint density at radius 1 is 1.42 bits per heavy atom. The highest BCUT2D eigenvalue weighted by atomic mass is 19.1. The van der Waals surface area contributed by atoms with Crippen molar-refractivity contribution in [3.05, 3.63) is 29.6 Å². The van der Waals surface area contributed by atoms with Crippen molar-refractivity contribution in [1.29, 1.82) is 0 Å². The molecule has 0 saturated carbocycles. The molecule has 1 aromatic rings. The number of hydrogen-bond donors (Lipinski definition) is 2. The van der Waals surface area contributed by atoms with Gasteiger partial charge in [-0.2, -0.15) is 0 Å². The van der Waals surface area contributed by atoms with Gasteiger partial charge in [-0.1, -0.05) is 12.1 Å². The van der Waals surface area contributed by atoms with Gasteiger partial charge in [-0.25, -0.2) is 4.39 Å². The maximum absolute atomic E-state index is 12.8. The highest BCUT2D eigenvalue weighted by Gasteiger charge is 2.19. The Morgan fingerprint density at radius 2 is 2.00 bits per heavy atom. The summed E-state index contributed by atoms with van der Waals surface area (Å²) in [6, 6.07) is 4.34. The van der Waals surface area contributed by atoms with Crippen LogP contribution in [0.1, 0.15) is 19.4 Å². The van der Waals surface area contributed by atoms with E-state index in [9.17, 15) is 9.50 Å². The van der Waals surface area contributed by atoms with E-state index in [4.69, 9.17) is 5.73 Å². The number of para-hydroxylation sites is 1. The Morgan fingerprint density at radius 3 is 2.42 bits per heavy atom. The van der Waals surface area contributed by atoms with E-state index in [-0.39, 0.29) is 5.75 Å². The molecule has 66 valence electrons. The lowest BCUT2D eigenvalue weighted by Crippen LogP contribution is -2.28. The van der Waals surface area contributed by atoms with Crippen LogP contribution in [0.25, 0.3) is 0 Å². The van der Waals surface area contributed by atoms with E-state index in [0.29, 0.717) is 5.56 Å². The number of aromatic hydroxyl groups is 1. The molecule has 0 fully saturated rings. The first-order chi connectivity index (χ1) is 5.43. The van der Waals surface area contributed by atoms with Crippen molar-refractivity contribution in [3.63, 3.8) is 0 Å². The molecule has 0 unspecified atom stereocenters. The lowest BCUT2D eigenvalue weighted by Gasteiger charge is -2.20. The van der Waals surface area contributed by atoms with Gasteiger partial charge in [0.25, 0.3) is 0 Å². The Labute approximate surface area is 70.8 Å². The summed E-state index contributed by atoms with van der Waals surface area (Å²) in [5, 5.41) is 9.28. The first kappa shape index (κ1) is 9.00. The molecular formula is C9H12FNO. The molecule has 3 heteroatoms. The third-order valence-electron chi connectivity index (χ3n) is 1.68. The second-order valence-corrected chi connectivity index (χ2v) is 3.36. The minimum absolute atomic E-state index is 0.356. The van der Waals surface area contributed by atoms with E-state index in [1.54, 1.807) is 19.9 Å². The smallest absolute Gasteiger partial charge is 0.165 e. The predicted molar refractivity (Wildman–Crippen MR) is 45.3 cm³/mol. The lowest BCUT2D eigenvalue weighted by molar-refractivity contribution is 0.405. The van der Waals surface area contributed by atoms with Crippen molar-refractivity contribution in [2.45, 2.75) is 19.4 Å². The van der Waals surface area contributed by atoms with Crippen molar-refractivity contribution in [3.8, 4) is 5.75 Å². The van der Waals surface area contributed by atoms with Gasteiger partial charge in [0.05, 0.1) is 0 Å². The first-order valence-electron chi connectivity index (χ1n) is 3.70. The minimum atomic E-state index is -0.716. The quantitative estimate of drug-likeness (QED) is 0.672. The van der Waals surface area contributed by atoms with Crippen LogP contribution in [0.4, 0.5) is 4.39 Å². The third kappa shape index (κ3) is 1.56. The van der Waals surface area contributed by atoms with Crippen LogP contribution in [0.15, 0.2) is 18.2 Å². The van der Waals surface area contributed by atoms with Crippen LogP contribution in [0.3, 0.4) is 0 Å². The number of hydrogen-bond acceptors (Lipinski definition) is 2. The lowest BCUT2D eigenvalue weighted by atomic mass is 9.95. The summed E-state index contributed by atoms with van der Waals surface area (Å²) in [7, 11) is 0. The van der Waals surface area contributed by atoms with Crippen molar-refractivity contribution in [2.24, 2.45) is 5.73 Å². The number of halogens is 1. The van der Waals surface area contributed by atoms with Crippen molar-refractivity contribution in [2.75, 3.05) is 0 Å². The number of nitrogens with two attached hydrogens (primary N) is 1. The molecule has 2 nitrogen and oxygen atoms in total. The molecule has 0 aromatic heterocycles. The van der Waals surface area contributed by atoms with Gasteiger partial charge in [0.15, 0.2) is 11.6 Å². The fourth-order valence-electron chi connectivity index (χ4n) is 1.04. The molecule has 3 N–H and O–H groups in total. The SMILES string of the molecule is CC(C)(N)c1cccc(F)c1O. The Hall–Kier alpha value is -1.09. The molecule has 0 radical (unpaired) electrons. The van der Waals surface area contributed by atoms with E-state index >= 15 is 0 Å². The van der Waals surface area contributed by atoms with Crippen LogP contribution in [0, 0.1) is 5.82 Å². The minimum Gasteiger partial charge on any atom is -0.505 e. The molecule has 0 atom stereocenters. The summed E-state index contributed by atoms with van der Waals surface area (Å²) < 4.78 is 12.8. The number of rotatable bonds is 1. The van der Waals surface area contributed by atoms with Gasteiger partial charge in [0, 0.05) is 11.1 Å². The Balaban J connectivity index is 3.26. The molecule has 0 aliphatic carbocycles. The molecule has 0 heterocycles. The van der Waals surface area contributed by atoms with Crippen molar-refractivity contribution in [1.82, 2.24) is 0 Å². The molecule has 1 rings (SSSR count). The summed E-state index contributed by atoms with van der Waals surface area (Å²) in [5.74, 6) is -0.990.